The van der Waals surface area contributed by atoms with Crippen molar-refractivity contribution in [1.29, 1.82) is 0 Å². The van der Waals surface area contributed by atoms with Gasteiger partial charge >= 0.3 is 0 Å². The van der Waals surface area contributed by atoms with Gasteiger partial charge < -0.3 is 15.7 Å². The number of hydrogen-bond donors (Lipinski definition) is 3. The molecule has 8 heteroatoms. The molecule has 1 aromatic heterocycles. The Kier molecular flexibility index (Phi) is 6.13. The molecule has 1 rings (SSSR count). The Balaban J connectivity index is 2.62. The third-order valence-electron chi connectivity index (χ3n) is 2.05. The molecule has 6 nitrogen and oxygen atoms in total. The second-order valence-electron chi connectivity index (χ2n) is 3.70. The van der Waals surface area contributed by atoms with Crippen molar-refractivity contribution in [2.75, 3.05) is 6.54 Å². The van der Waals surface area contributed by atoms with E-state index in [0.717, 1.165) is 0 Å². The highest BCUT2D eigenvalue weighted by Gasteiger charge is 2.15. The number of aromatic nitrogens is 1. The van der Waals surface area contributed by atoms with Crippen LogP contribution in [-0.2, 0) is 4.79 Å². The van der Waals surface area contributed by atoms with Crippen molar-refractivity contribution in [2.24, 2.45) is 0 Å². The fourth-order valence-electron chi connectivity index (χ4n) is 1.14. The van der Waals surface area contributed by atoms with Gasteiger partial charge in [0.15, 0.2) is 3.92 Å². The maximum Gasteiger partial charge on any atom is 0.275 e. The molecule has 0 saturated heterocycles. The Bertz CT molecular complexity index is 499. The van der Waals surface area contributed by atoms with Crippen LogP contribution in [0.25, 0.3) is 0 Å². The summed E-state index contributed by atoms with van der Waals surface area (Å²) in [6.45, 7) is 3.31. The van der Waals surface area contributed by atoms with E-state index >= 15 is 0 Å². The first kappa shape index (κ1) is 15.8. The Morgan fingerprint density at radius 2 is 2.32 bits per heavy atom. The molecule has 0 bridgehead atoms. The summed E-state index contributed by atoms with van der Waals surface area (Å²) in [4.78, 5) is 27.5. The van der Waals surface area contributed by atoms with Gasteiger partial charge in [0.2, 0.25) is 0 Å². The SMILES string of the molecule is C/C=C(\NC(=O)c1csc(Br)n1)C(=O)NCC(C)O. The summed E-state index contributed by atoms with van der Waals surface area (Å²) >= 11 is 4.44. The number of aliphatic hydroxyl groups excluding tert-OH is 1. The average molecular weight is 348 g/mol. The van der Waals surface area contributed by atoms with Gasteiger partial charge in [0.1, 0.15) is 11.4 Å². The van der Waals surface area contributed by atoms with Crippen LogP contribution >= 0.6 is 27.3 Å². The number of allylic oxidation sites excluding steroid dienone is 1. The minimum atomic E-state index is -0.646. The molecule has 0 aromatic carbocycles. The van der Waals surface area contributed by atoms with Gasteiger partial charge in [-0.2, -0.15) is 0 Å². The van der Waals surface area contributed by atoms with E-state index in [2.05, 4.69) is 31.5 Å². The summed E-state index contributed by atoms with van der Waals surface area (Å²) in [5.41, 5.74) is 0.356. The zero-order valence-corrected chi connectivity index (χ0v) is 12.8. The van der Waals surface area contributed by atoms with E-state index in [0.29, 0.717) is 3.92 Å². The summed E-state index contributed by atoms with van der Waals surface area (Å²) in [6.07, 6.45) is 0.837. The Labute approximate surface area is 123 Å². The predicted molar refractivity (Wildman–Crippen MR) is 75.7 cm³/mol. The van der Waals surface area contributed by atoms with Crippen LogP contribution in [0.15, 0.2) is 21.1 Å². The monoisotopic (exact) mass is 347 g/mol. The van der Waals surface area contributed by atoms with E-state index in [1.807, 2.05) is 0 Å². The summed E-state index contributed by atoms with van der Waals surface area (Å²) in [7, 11) is 0. The van der Waals surface area contributed by atoms with Crippen molar-refractivity contribution in [3.63, 3.8) is 0 Å². The molecule has 0 aliphatic heterocycles. The van der Waals surface area contributed by atoms with E-state index < -0.39 is 17.9 Å². The number of nitrogens with zero attached hydrogens (tertiary/aromatic N) is 1. The number of carbonyl (C=O) groups excluding carboxylic acids is 2. The number of amides is 2. The van der Waals surface area contributed by atoms with E-state index in [9.17, 15) is 9.59 Å². The van der Waals surface area contributed by atoms with Gasteiger partial charge in [-0.05, 0) is 29.8 Å². The quantitative estimate of drug-likeness (QED) is 0.694. The van der Waals surface area contributed by atoms with Crippen LogP contribution in [0.4, 0.5) is 0 Å². The van der Waals surface area contributed by atoms with Gasteiger partial charge in [-0.25, -0.2) is 4.98 Å². The zero-order chi connectivity index (χ0) is 14.4. The van der Waals surface area contributed by atoms with Crippen LogP contribution < -0.4 is 10.6 Å². The van der Waals surface area contributed by atoms with Crippen LogP contribution in [0.5, 0.6) is 0 Å². The first-order valence-corrected chi connectivity index (χ1v) is 7.16. The Hall–Kier alpha value is -1.25. The van der Waals surface area contributed by atoms with Crippen molar-refractivity contribution in [2.45, 2.75) is 20.0 Å². The number of nitrogens with one attached hydrogen (secondary N) is 2. The smallest absolute Gasteiger partial charge is 0.275 e. The molecule has 1 heterocycles. The van der Waals surface area contributed by atoms with Crippen LogP contribution in [0.2, 0.25) is 0 Å². The third-order valence-corrected chi connectivity index (χ3v) is 3.41. The maximum absolute atomic E-state index is 11.8. The second kappa shape index (κ2) is 7.37. The van der Waals surface area contributed by atoms with Gasteiger partial charge in [-0.15, -0.1) is 11.3 Å². The fourth-order valence-corrected chi connectivity index (χ4v) is 2.13. The molecule has 3 N–H and O–H groups in total. The highest BCUT2D eigenvalue weighted by atomic mass is 79.9. The lowest BCUT2D eigenvalue weighted by molar-refractivity contribution is -0.118. The summed E-state index contributed by atoms with van der Waals surface area (Å²) in [5.74, 6) is -0.909. The Morgan fingerprint density at radius 3 is 2.79 bits per heavy atom. The summed E-state index contributed by atoms with van der Waals surface area (Å²) in [6, 6.07) is 0. The lowest BCUT2D eigenvalue weighted by atomic mass is 10.3. The highest BCUT2D eigenvalue weighted by Crippen LogP contribution is 2.15. The van der Waals surface area contributed by atoms with E-state index in [1.54, 1.807) is 19.2 Å². The molecule has 104 valence electrons. The van der Waals surface area contributed by atoms with Gasteiger partial charge in [-0.1, -0.05) is 6.08 Å². The van der Waals surface area contributed by atoms with Crippen LogP contribution in [-0.4, -0.2) is 34.6 Å². The lowest BCUT2D eigenvalue weighted by Crippen LogP contribution is -2.37. The molecule has 1 aromatic rings. The molecular formula is C11H14BrN3O3S. The van der Waals surface area contributed by atoms with Crippen molar-refractivity contribution in [3.05, 3.63) is 26.8 Å². The first-order valence-electron chi connectivity index (χ1n) is 5.49. The van der Waals surface area contributed by atoms with Crippen molar-refractivity contribution < 1.29 is 14.7 Å². The maximum atomic E-state index is 11.8. The lowest BCUT2D eigenvalue weighted by Gasteiger charge is -2.10. The fraction of sp³-hybridized carbons (Fsp3) is 0.364. The van der Waals surface area contributed by atoms with Crippen LogP contribution in [0.1, 0.15) is 24.3 Å². The molecule has 2 amide bonds. The molecular weight excluding hydrogens is 334 g/mol. The number of hydrogen-bond acceptors (Lipinski definition) is 5. The Morgan fingerprint density at radius 1 is 1.63 bits per heavy atom. The number of halogens is 1. The van der Waals surface area contributed by atoms with Crippen molar-refractivity contribution >= 4 is 39.1 Å². The van der Waals surface area contributed by atoms with Crippen LogP contribution in [0.3, 0.4) is 0 Å². The van der Waals surface area contributed by atoms with Crippen molar-refractivity contribution in [3.8, 4) is 0 Å². The first-order chi connectivity index (χ1) is 8.93. The standard InChI is InChI=1S/C11H14BrN3O3S/c1-3-7(9(17)13-4-6(2)16)14-10(18)8-5-19-11(12)15-8/h3,5-6,16H,4H2,1-2H3,(H,13,17)(H,14,18)/b7-3-. The second-order valence-corrected chi connectivity index (χ2v) is 5.84. The summed E-state index contributed by atoms with van der Waals surface area (Å²) in [5, 5.41) is 15.6. The van der Waals surface area contributed by atoms with Crippen LogP contribution in [0, 0.1) is 0 Å². The van der Waals surface area contributed by atoms with E-state index in [4.69, 9.17) is 5.11 Å². The molecule has 0 fully saturated rings. The molecule has 0 aliphatic carbocycles. The summed E-state index contributed by atoms with van der Waals surface area (Å²) < 4.78 is 0.596. The van der Waals surface area contributed by atoms with Gasteiger partial charge in [0, 0.05) is 11.9 Å². The third kappa shape index (κ3) is 5.09. The molecule has 0 saturated carbocycles. The molecule has 1 unspecified atom stereocenters. The number of aliphatic hydroxyl groups is 1. The molecule has 1 atom stereocenters. The molecule has 0 aliphatic rings. The average Bonchev–Trinajstić information content (AvgIpc) is 2.79. The number of carbonyl (C=O) groups is 2. The highest BCUT2D eigenvalue weighted by molar-refractivity contribution is 9.11. The molecule has 0 spiro atoms. The predicted octanol–water partition coefficient (Wildman–Crippen LogP) is 1.04. The van der Waals surface area contributed by atoms with E-state index in [1.165, 1.54) is 17.4 Å². The minimum absolute atomic E-state index is 0.119. The van der Waals surface area contributed by atoms with Gasteiger partial charge in [-0.3, -0.25) is 9.59 Å². The van der Waals surface area contributed by atoms with E-state index in [-0.39, 0.29) is 17.9 Å². The topological polar surface area (TPSA) is 91.3 Å². The molecule has 0 radical (unpaired) electrons. The largest absolute Gasteiger partial charge is 0.392 e. The van der Waals surface area contributed by atoms with Gasteiger partial charge in [0.05, 0.1) is 6.10 Å². The number of rotatable bonds is 5. The normalized spacial score (nSPS) is 12.9. The zero-order valence-electron chi connectivity index (χ0n) is 10.4. The molecule has 19 heavy (non-hydrogen) atoms. The van der Waals surface area contributed by atoms with Gasteiger partial charge in [0.25, 0.3) is 11.8 Å². The van der Waals surface area contributed by atoms with Crippen molar-refractivity contribution in [1.82, 2.24) is 15.6 Å². The minimum Gasteiger partial charge on any atom is -0.392 e. The number of thiazole rings is 1.